The second kappa shape index (κ2) is 8.21. The highest BCUT2D eigenvalue weighted by molar-refractivity contribution is 5.95. The van der Waals surface area contributed by atoms with E-state index in [1.807, 2.05) is 37.3 Å². The number of aliphatic hydroxyl groups is 1. The van der Waals surface area contributed by atoms with Crippen LogP contribution < -0.4 is 0 Å². The molecule has 2 rings (SSSR count). The zero-order chi connectivity index (χ0) is 18.3. The number of Topliss-reactive ketones (excluding diaryl/α,β-unsaturated/α-hetero) is 1. The number of carboxylic acids is 2. The summed E-state index contributed by atoms with van der Waals surface area (Å²) in [6, 6.07) is 9.34. The molecule has 0 fully saturated rings. The second-order valence-corrected chi connectivity index (χ2v) is 5.38. The highest BCUT2D eigenvalue weighted by Gasteiger charge is 2.43. The largest absolute Gasteiger partial charge is 0.481 e. The molecule has 6 nitrogen and oxygen atoms in total. The van der Waals surface area contributed by atoms with E-state index in [1.165, 1.54) is 25.2 Å². The van der Waals surface area contributed by atoms with E-state index in [1.54, 1.807) is 0 Å². The van der Waals surface area contributed by atoms with Gasteiger partial charge in [-0.15, -0.1) is 0 Å². The van der Waals surface area contributed by atoms with Gasteiger partial charge in [-0.1, -0.05) is 49.4 Å². The highest BCUT2D eigenvalue weighted by Crippen LogP contribution is 2.30. The molecule has 1 aromatic carbocycles. The van der Waals surface area contributed by atoms with Crippen LogP contribution in [0.1, 0.15) is 30.6 Å². The number of carbonyl (C=O) groups is 3. The minimum atomic E-state index is -1.87. The van der Waals surface area contributed by atoms with Crippen LogP contribution in [-0.4, -0.2) is 38.6 Å². The minimum Gasteiger partial charge on any atom is -0.481 e. The molecule has 0 bridgehead atoms. The molecular weight excluding hydrogens is 312 g/mol. The van der Waals surface area contributed by atoms with E-state index in [0.29, 0.717) is 6.42 Å². The van der Waals surface area contributed by atoms with Crippen molar-refractivity contribution >= 4 is 17.7 Å². The van der Waals surface area contributed by atoms with E-state index < -0.39 is 23.5 Å². The molecule has 128 valence electrons. The number of benzene rings is 1. The quantitative estimate of drug-likeness (QED) is 0.729. The molecule has 6 heteroatoms. The summed E-state index contributed by atoms with van der Waals surface area (Å²) in [5.74, 6) is -3.58. The third kappa shape index (κ3) is 4.63. The first-order chi connectivity index (χ1) is 11.2. The number of ketones is 1. The molecule has 0 spiro atoms. The monoisotopic (exact) mass is 332 g/mol. The molecule has 1 aliphatic rings. The molecule has 0 saturated carbocycles. The lowest BCUT2D eigenvalue weighted by atomic mass is 9.79. The van der Waals surface area contributed by atoms with Crippen molar-refractivity contribution in [3.63, 3.8) is 0 Å². The van der Waals surface area contributed by atoms with Gasteiger partial charge in [0.25, 0.3) is 0 Å². The van der Waals surface area contributed by atoms with Crippen molar-refractivity contribution in [1.29, 1.82) is 0 Å². The molecule has 0 aliphatic heterocycles. The minimum absolute atomic E-state index is 0.209. The van der Waals surface area contributed by atoms with Crippen LogP contribution in [0.4, 0.5) is 0 Å². The molecule has 2 atom stereocenters. The van der Waals surface area contributed by atoms with Gasteiger partial charge >= 0.3 is 11.9 Å². The molecular formula is C18H20O6. The number of hydrogen-bond donors (Lipinski definition) is 3. The normalized spacial score (nSPS) is 22.0. The predicted octanol–water partition coefficient (Wildman–Crippen LogP) is 2.30. The summed E-state index contributed by atoms with van der Waals surface area (Å²) in [5.41, 5.74) is -1.37. The Morgan fingerprint density at radius 2 is 1.71 bits per heavy atom. The Bertz CT molecular complexity index is 670. The van der Waals surface area contributed by atoms with E-state index in [-0.39, 0.29) is 11.4 Å². The zero-order valence-electron chi connectivity index (χ0n) is 13.5. The van der Waals surface area contributed by atoms with Crippen molar-refractivity contribution in [1.82, 2.24) is 0 Å². The molecule has 0 amide bonds. The van der Waals surface area contributed by atoms with Crippen LogP contribution in [-0.2, 0) is 9.59 Å². The number of allylic oxidation sites excluding steroid dienone is 2. The Morgan fingerprint density at radius 3 is 2.17 bits per heavy atom. The topological polar surface area (TPSA) is 112 Å². The van der Waals surface area contributed by atoms with Gasteiger partial charge in [-0.05, 0) is 13.0 Å². The Kier molecular flexibility index (Phi) is 6.61. The summed E-state index contributed by atoms with van der Waals surface area (Å²) in [4.78, 5) is 32.4. The van der Waals surface area contributed by atoms with Gasteiger partial charge in [0.05, 0.1) is 5.57 Å². The lowest BCUT2D eigenvalue weighted by molar-refractivity contribution is -0.147. The molecule has 0 radical (unpaired) electrons. The molecule has 0 heterocycles. The third-order valence-electron chi connectivity index (χ3n) is 3.63. The van der Waals surface area contributed by atoms with Gasteiger partial charge < -0.3 is 15.3 Å². The predicted molar refractivity (Wildman–Crippen MR) is 87.7 cm³/mol. The first-order valence-electron chi connectivity index (χ1n) is 7.37. The molecule has 3 N–H and O–H groups in total. The lowest BCUT2D eigenvalue weighted by Gasteiger charge is -2.30. The van der Waals surface area contributed by atoms with Crippen molar-refractivity contribution in [3.05, 3.63) is 59.7 Å². The first kappa shape index (κ1) is 19.3. The van der Waals surface area contributed by atoms with Crippen LogP contribution in [0, 0.1) is 5.92 Å². The summed E-state index contributed by atoms with van der Waals surface area (Å²) in [6.45, 7) is 3.05. The first-order valence-corrected chi connectivity index (χ1v) is 7.37. The summed E-state index contributed by atoms with van der Waals surface area (Å²) in [5, 5.41) is 27.2. The maximum Gasteiger partial charge on any atom is 0.334 e. The fourth-order valence-corrected chi connectivity index (χ4v) is 2.23. The van der Waals surface area contributed by atoms with Gasteiger partial charge in [0.15, 0.2) is 5.78 Å². The molecule has 24 heavy (non-hydrogen) atoms. The number of hydrogen-bond acceptors (Lipinski definition) is 4. The lowest BCUT2D eigenvalue weighted by Crippen LogP contribution is -2.43. The SMILES string of the molecule is CC1(O)C(C(=O)O)=CC=CC1C(=O)O.CCC(=O)c1ccccc1. The van der Waals surface area contributed by atoms with Crippen LogP contribution in [0.15, 0.2) is 54.1 Å². The van der Waals surface area contributed by atoms with E-state index in [2.05, 4.69) is 0 Å². The van der Waals surface area contributed by atoms with Crippen LogP contribution >= 0.6 is 0 Å². The van der Waals surface area contributed by atoms with Gasteiger partial charge in [0.2, 0.25) is 0 Å². The van der Waals surface area contributed by atoms with E-state index in [4.69, 9.17) is 10.2 Å². The summed E-state index contributed by atoms with van der Waals surface area (Å²) < 4.78 is 0. The standard InChI is InChI=1S/C9H10O5.C9H10O/c1-9(14)5(7(10)11)3-2-4-6(9)8(12)13;1-2-9(10)8-6-4-3-5-7-8/h2-5,14H,1H3,(H,10,11)(H,12,13);3-7H,2H2,1H3. The zero-order valence-corrected chi connectivity index (χ0v) is 13.5. The van der Waals surface area contributed by atoms with E-state index in [0.717, 1.165) is 5.56 Å². The van der Waals surface area contributed by atoms with Crippen LogP contribution in [0.25, 0.3) is 0 Å². The van der Waals surface area contributed by atoms with Crippen LogP contribution in [0.2, 0.25) is 0 Å². The second-order valence-electron chi connectivity index (χ2n) is 5.38. The van der Waals surface area contributed by atoms with Crippen molar-refractivity contribution in [2.45, 2.75) is 25.9 Å². The van der Waals surface area contributed by atoms with Gasteiger partial charge in [-0.2, -0.15) is 0 Å². The average Bonchev–Trinajstić information content (AvgIpc) is 2.54. The molecule has 0 aromatic heterocycles. The number of carbonyl (C=O) groups excluding carboxylic acids is 1. The Hall–Kier alpha value is -2.73. The summed E-state index contributed by atoms with van der Waals surface area (Å²) in [7, 11) is 0. The number of rotatable bonds is 4. The van der Waals surface area contributed by atoms with Gasteiger partial charge in [-0.25, -0.2) is 4.79 Å². The van der Waals surface area contributed by atoms with Crippen LogP contribution in [0.3, 0.4) is 0 Å². The summed E-state index contributed by atoms with van der Waals surface area (Å²) >= 11 is 0. The van der Waals surface area contributed by atoms with E-state index in [9.17, 15) is 19.5 Å². The molecule has 2 unspecified atom stereocenters. The molecule has 0 saturated heterocycles. The smallest absolute Gasteiger partial charge is 0.334 e. The van der Waals surface area contributed by atoms with Crippen LogP contribution in [0.5, 0.6) is 0 Å². The number of carboxylic acid groups (broad SMARTS) is 2. The maximum atomic E-state index is 11.0. The van der Waals surface area contributed by atoms with Gasteiger partial charge in [0.1, 0.15) is 11.5 Å². The Morgan fingerprint density at radius 1 is 1.12 bits per heavy atom. The van der Waals surface area contributed by atoms with Crippen molar-refractivity contribution < 1.29 is 29.7 Å². The third-order valence-corrected chi connectivity index (χ3v) is 3.63. The van der Waals surface area contributed by atoms with Gasteiger partial charge in [0, 0.05) is 12.0 Å². The summed E-state index contributed by atoms with van der Waals surface area (Å²) in [6.07, 6.45) is 4.36. The molecule has 1 aliphatic carbocycles. The average molecular weight is 332 g/mol. The van der Waals surface area contributed by atoms with Crippen molar-refractivity contribution in [2.24, 2.45) is 5.92 Å². The van der Waals surface area contributed by atoms with Crippen molar-refractivity contribution in [2.75, 3.05) is 0 Å². The van der Waals surface area contributed by atoms with Crippen molar-refractivity contribution in [3.8, 4) is 0 Å². The Balaban J connectivity index is 0.000000254. The maximum absolute atomic E-state index is 11.0. The van der Waals surface area contributed by atoms with Gasteiger partial charge in [-0.3, -0.25) is 9.59 Å². The highest BCUT2D eigenvalue weighted by atomic mass is 16.4. The number of aliphatic carboxylic acids is 2. The molecule has 1 aromatic rings. The Labute approximate surface area is 139 Å². The van der Waals surface area contributed by atoms with E-state index >= 15 is 0 Å². The fraction of sp³-hybridized carbons (Fsp3) is 0.278. The fourth-order valence-electron chi connectivity index (χ4n) is 2.23.